The summed E-state index contributed by atoms with van der Waals surface area (Å²) in [7, 11) is 0. The Kier molecular flexibility index (Phi) is 5.46. The summed E-state index contributed by atoms with van der Waals surface area (Å²) in [6, 6.07) is 10.2. The standard InChI is InChI=1S/C21H18N6O4S2/c22-16-11-6-7-23-17(11)26-21(25-16)33-12-9-32-19-14(18(29)27(19)15(12)20(30)31)24-13(28)8-10-4-2-1-3-5-10/h1-7,14,19H,8-9H2,(H,24,28)(H,30,31)(H3,22,23,25,26)/t14?,19-/m1/s1. The predicted octanol–water partition coefficient (Wildman–Crippen LogP) is 1.57. The Hall–Kier alpha value is -3.51. The Labute approximate surface area is 196 Å². The lowest BCUT2D eigenvalue weighted by molar-refractivity contribution is -0.150. The number of hydrogen-bond acceptors (Lipinski definition) is 8. The SMILES string of the molecule is Nc1nc(SC2=C(C(=O)O)N3C(=O)C(NC(=O)Cc4ccccc4)[C@H]3SC2)nc2[nH]ccc12. The van der Waals surface area contributed by atoms with Crippen LogP contribution < -0.4 is 11.1 Å². The molecule has 12 heteroatoms. The monoisotopic (exact) mass is 482 g/mol. The van der Waals surface area contributed by atoms with Gasteiger partial charge in [0.15, 0.2) is 5.16 Å². The number of thioether (sulfide) groups is 2. The number of carboxylic acid groups (broad SMARTS) is 1. The van der Waals surface area contributed by atoms with Crippen LogP contribution in [0.15, 0.2) is 58.4 Å². The maximum Gasteiger partial charge on any atom is 0.353 e. The van der Waals surface area contributed by atoms with Crippen molar-refractivity contribution >= 4 is 58.2 Å². The number of H-pyrrole nitrogens is 1. The van der Waals surface area contributed by atoms with Gasteiger partial charge < -0.3 is 21.1 Å². The number of amides is 2. The van der Waals surface area contributed by atoms with Crippen molar-refractivity contribution in [3.05, 3.63) is 58.8 Å². The number of aromatic nitrogens is 3. The topological polar surface area (TPSA) is 154 Å². The van der Waals surface area contributed by atoms with Gasteiger partial charge in [-0.1, -0.05) is 42.1 Å². The van der Waals surface area contributed by atoms with Crippen molar-refractivity contribution in [2.75, 3.05) is 11.5 Å². The summed E-state index contributed by atoms with van der Waals surface area (Å²) in [5.41, 5.74) is 7.24. The van der Waals surface area contributed by atoms with E-state index in [1.807, 2.05) is 30.3 Å². The Morgan fingerprint density at radius 1 is 1.27 bits per heavy atom. The minimum absolute atomic E-state index is 0.115. The van der Waals surface area contributed by atoms with Crippen LogP contribution in [-0.4, -0.2) is 59.9 Å². The minimum Gasteiger partial charge on any atom is -0.477 e. The van der Waals surface area contributed by atoms with Crippen LogP contribution in [0, 0.1) is 0 Å². The molecule has 1 unspecified atom stereocenters. The summed E-state index contributed by atoms with van der Waals surface area (Å²) in [4.78, 5) is 50.6. The van der Waals surface area contributed by atoms with Gasteiger partial charge in [0, 0.05) is 16.9 Å². The molecule has 1 saturated heterocycles. The molecule has 0 spiro atoms. The zero-order valence-electron chi connectivity index (χ0n) is 17.0. The third-order valence-electron chi connectivity index (χ3n) is 5.30. The Balaban J connectivity index is 1.34. The smallest absolute Gasteiger partial charge is 0.353 e. The number of carbonyl (C=O) groups excluding carboxylic acids is 2. The summed E-state index contributed by atoms with van der Waals surface area (Å²) in [5.74, 6) is -1.35. The van der Waals surface area contributed by atoms with Crippen molar-refractivity contribution in [2.45, 2.75) is 23.0 Å². The number of anilines is 1. The van der Waals surface area contributed by atoms with Crippen molar-refractivity contribution < 1.29 is 19.5 Å². The molecule has 5 N–H and O–H groups in total. The molecule has 2 aliphatic heterocycles. The number of nitrogens with two attached hydrogens (primary N) is 1. The number of rotatable bonds is 6. The van der Waals surface area contributed by atoms with Gasteiger partial charge in [-0.05, 0) is 11.6 Å². The molecule has 2 amide bonds. The Bertz CT molecular complexity index is 1310. The molecule has 2 atom stereocenters. The van der Waals surface area contributed by atoms with Crippen LogP contribution in [0.4, 0.5) is 5.82 Å². The van der Waals surface area contributed by atoms with E-state index in [-0.39, 0.29) is 29.0 Å². The summed E-state index contributed by atoms with van der Waals surface area (Å²) in [6.07, 6.45) is 1.84. The van der Waals surface area contributed by atoms with Crippen LogP contribution in [0.5, 0.6) is 0 Å². The summed E-state index contributed by atoms with van der Waals surface area (Å²) < 4.78 is 0. The molecular formula is C21H18N6O4S2. The number of aliphatic carboxylic acids is 1. The molecule has 0 bridgehead atoms. The minimum atomic E-state index is -1.22. The van der Waals surface area contributed by atoms with E-state index < -0.39 is 23.3 Å². The summed E-state index contributed by atoms with van der Waals surface area (Å²) in [6.45, 7) is 0. The van der Waals surface area contributed by atoms with Crippen molar-refractivity contribution in [1.82, 2.24) is 25.2 Å². The molecule has 0 aliphatic carbocycles. The van der Waals surface area contributed by atoms with Crippen molar-refractivity contribution in [1.29, 1.82) is 0 Å². The third-order valence-corrected chi connectivity index (χ3v) is 7.71. The molecule has 0 saturated carbocycles. The van der Waals surface area contributed by atoms with Crippen LogP contribution in [0.3, 0.4) is 0 Å². The fourth-order valence-corrected chi connectivity index (χ4v) is 6.19. The molecule has 2 aliphatic rings. The number of carbonyl (C=O) groups is 3. The van der Waals surface area contributed by atoms with Crippen LogP contribution in [0.1, 0.15) is 5.56 Å². The molecule has 1 fully saturated rings. The van der Waals surface area contributed by atoms with Crippen molar-refractivity contribution in [3.63, 3.8) is 0 Å². The molecule has 1 aromatic carbocycles. The lowest BCUT2D eigenvalue weighted by Gasteiger charge is -2.49. The predicted molar refractivity (Wildman–Crippen MR) is 124 cm³/mol. The maximum atomic E-state index is 12.8. The third kappa shape index (κ3) is 3.91. The number of aromatic amines is 1. The molecule has 0 radical (unpaired) electrons. The number of β-lactam (4-membered cyclic amide) rings is 1. The average molecular weight is 483 g/mol. The second-order valence-corrected chi connectivity index (χ2v) is 9.59. The number of nitrogens with zero attached hydrogens (tertiary/aromatic N) is 3. The van der Waals surface area contributed by atoms with Gasteiger partial charge >= 0.3 is 5.97 Å². The maximum absolute atomic E-state index is 12.8. The molecule has 10 nitrogen and oxygen atoms in total. The Morgan fingerprint density at radius 2 is 2.06 bits per heavy atom. The number of nitrogen functional groups attached to an aromatic ring is 1. The van der Waals surface area contributed by atoms with Gasteiger partial charge in [-0.3, -0.25) is 14.5 Å². The van der Waals surface area contributed by atoms with Crippen LogP contribution in [0.25, 0.3) is 11.0 Å². The Morgan fingerprint density at radius 3 is 2.82 bits per heavy atom. The first kappa shape index (κ1) is 21.3. The number of carboxylic acids is 1. The first-order chi connectivity index (χ1) is 15.9. The van der Waals surface area contributed by atoms with E-state index in [1.165, 1.54) is 16.7 Å². The number of fused-ring (bicyclic) bond motifs is 2. The molecule has 2 aromatic heterocycles. The highest BCUT2D eigenvalue weighted by atomic mass is 32.2. The fourth-order valence-electron chi connectivity index (χ4n) is 3.77. The van der Waals surface area contributed by atoms with Crippen LogP contribution in [-0.2, 0) is 20.8 Å². The van der Waals surface area contributed by atoms with Crippen LogP contribution >= 0.6 is 23.5 Å². The van der Waals surface area contributed by atoms with Crippen molar-refractivity contribution in [3.8, 4) is 0 Å². The molecule has 33 heavy (non-hydrogen) atoms. The van der Waals surface area contributed by atoms with E-state index in [1.54, 1.807) is 12.3 Å². The number of benzene rings is 1. The normalized spacial score (nSPS) is 19.9. The van der Waals surface area contributed by atoms with Gasteiger partial charge in [0.1, 0.15) is 28.6 Å². The van der Waals surface area contributed by atoms with E-state index >= 15 is 0 Å². The summed E-state index contributed by atoms with van der Waals surface area (Å²) >= 11 is 2.45. The van der Waals surface area contributed by atoms with Gasteiger partial charge in [0.05, 0.1) is 11.8 Å². The zero-order valence-corrected chi connectivity index (χ0v) is 18.7. The van der Waals surface area contributed by atoms with Gasteiger partial charge in [-0.25, -0.2) is 14.8 Å². The molecule has 4 heterocycles. The molecule has 168 valence electrons. The second kappa shape index (κ2) is 8.45. The first-order valence-electron chi connectivity index (χ1n) is 9.95. The fraction of sp³-hybridized carbons (Fsp3) is 0.190. The average Bonchev–Trinajstić information content (AvgIpc) is 3.27. The number of nitrogens with one attached hydrogen (secondary N) is 2. The molecular weight excluding hydrogens is 464 g/mol. The van der Waals surface area contributed by atoms with E-state index in [9.17, 15) is 19.5 Å². The van der Waals surface area contributed by atoms with Crippen LogP contribution in [0.2, 0.25) is 0 Å². The highest BCUT2D eigenvalue weighted by Gasteiger charge is 2.54. The van der Waals surface area contributed by atoms with E-state index in [0.29, 0.717) is 21.7 Å². The van der Waals surface area contributed by atoms with E-state index in [4.69, 9.17) is 5.73 Å². The lowest BCUT2D eigenvalue weighted by atomic mass is 10.0. The second-order valence-electron chi connectivity index (χ2n) is 7.43. The van der Waals surface area contributed by atoms with Gasteiger partial charge in [-0.2, -0.15) is 0 Å². The van der Waals surface area contributed by atoms with E-state index in [0.717, 1.165) is 17.3 Å². The largest absolute Gasteiger partial charge is 0.477 e. The highest BCUT2D eigenvalue weighted by molar-refractivity contribution is 8.06. The molecule has 5 rings (SSSR count). The van der Waals surface area contributed by atoms with E-state index in [2.05, 4.69) is 20.3 Å². The zero-order chi connectivity index (χ0) is 23.1. The molecule has 3 aromatic rings. The quantitative estimate of drug-likeness (QED) is 0.303. The lowest BCUT2D eigenvalue weighted by Crippen LogP contribution is -2.70. The van der Waals surface area contributed by atoms with Crippen molar-refractivity contribution in [2.24, 2.45) is 0 Å². The van der Waals surface area contributed by atoms with Gasteiger partial charge in [0.2, 0.25) is 5.91 Å². The number of hydrogen-bond donors (Lipinski definition) is 4. The van der Waals surface area contributed by atoms with Gasteiger partial charge in [0.25, 0.3) is 5.91 Å². The van der Waals surface area contributed by atoms with Gasteiger partial charge in [-0.15, -0.1) is 11.8 Å². The summed E-state index contributed by atoms with van der Waals surface area (Å²) in [5, 5.41) is 13.1. The highest BCUT2D eigenvalue weighted by Crippen LogP contribution is 2.44. The first-order valence-corrected chi connectivity index (χ1v) is 11.8.